The Bertz CT molecular complexity index is 578. The molecular formula is C15H20ClN5. The molecule has 5 nitrogen and oxygen atoms in total. The maximum Gasteiger partial charge on any atom is 0.143 e. The highest BCUT2D eigenvalue weighted by molar-refractivity contribution is 6.33. The van der Waals surface area contributed by atoms with Gasteiger partial charge in [0.05, 0.1) is 16.4 Å². The number of rotatable bonds is 4. The second-order valence-corrected chi connectivity index (χ2v) is 6.16. The number of halogens is 1. The van der Waals surface area contributed by atoms with Crippen LogP contribution in [0.15, 0.2) is 24.5 Å². The standard InChI is InChI=1S/C15H20ClN5/c1-11(12-5-3-2-4-6-12)18-15-9-13(7-8-14(15)16)21-10-17-19-20-21/h7-12,18H,2-6H2,1H3. The van der Waals surface area contributed by atoms with E-state index in [0.717, 1.165) is 22.3 Å². The van der Waals surface area contributed by atoms with Crippen molar-refractivity contribution < 1.29 is 0 Å². The largest absolute Gasteiger partial charge is 0.381 e. The number of anilines is 1. The van der Waals surface area contributed by atoms with Gasteiger partial charge in [-0.3, -0.25) is 0 Å². The van der Waals surface area contributed by atoms with Crippen molar-refractivity contribution in [3.63, 3.8) is 0 Å². The first-order chi connectivity index (χ1) is 10.2. The van der Waals surface area contributed by atoms with Crippen LogP contribution in [0, 0.1) is 5.92 Å². The molecule has 1 fully saturated rings. The zero-order valence-corrected chi connectivity index (χ0v) is 12.9. The third-order valence-electron chi connectivity index (χ3n) is 4.30. The average molecular weight is 306 g/mol. The van der Waals surface area contributed by atoms with E-state index >= 15 is 0 Å². The molecule has 1 aromatic heterocycles. The van der Waals surface area contributed by atoms with Gasteiger partial charge in [0.25, 0.3) is 0 Å². The molecule has 112 valence electrons. The molecule has 3 rings (SSSR count). The minimum absolute atomic E-state index is 0.423. The van der Waals surface area contributed by atoms with Crippen LogP contribution < -0.4 is 5.32 Å². The molecule has 1 N–H and O–H groups in total. The lowest BCUT2D eigenvalue weighted by Crippen LogP contribution is -2.27. The van der Waals surface area contributed by atoms with E-state index in [9.17, 15) is 0 Å². The summed E-state index contributed by atoms with van der Waals surface area (Å²) >= 11 is 6.32. The lowest BCUT2D eigenvalue weighted by Gasteiger charge is -2.29. The zero-order chi connectivity index (χ0) is 14.7. The second kappa shape index (κ2) is 6.43. The molecule has 2 aromatic rings. The van der Waals surface area contributed by atoms with Gasteiger partial charge in [0.15, 0.2) is 0 Å². The van der Waals surface area contributed by atoms with Crippen molar-refractivity contribution in [1.29, 1.82) is 0 Å². The van der Waals surface area contributed by atoms with Crippen molar-refractivity contribution in [2.45, 2.75) is 45.1 Å². The van der Waals surface area contributed by atoms with E-state index in [0.29, 0.717) is 6.04 Å². The van der Waals surface area contributed by atoms with Crippen LogP contribution >= 0.6 is 11.6 Å². The molecule has 21 heavy (non-hydrogen) atoms. The first kappa shape index (κ1) is 14.3. The van der Waals surface area contributed by atoms with E-state index < -0.39 is 0 Å². The fourth-order valence-electron chi connectivity index (χ4n) is 3.04. The Morgan fingerprint density at radius 1 is 1.29 bits per heavy atom. The van der Waals surface area contributed by atoms with Gasteiger partial charge in [-0.15, -0.1) is 5.10 Å². The van der Waals surface area contributed by atoms with Gasteiger partial charge in [-0.1, -0.05) is 30.9 Å². The quantitative estimate of drug-likeness (QED) is 0.936. The molecule has 0 saturated heterocycles. The molecule has 1 heterocycles. The molecule has 1 aromatic carbocycles. The molecule has 1 aliphatic carbocycles. The van der Waals surface area contributed by atoms with Gasteiger partial charge in [0.2, 0.25) is 0 Å². The summed E-state index contributed by atoms with van der Waals surface area (Å²) in [4.78, 5) is 0. The maximum absolute atomic E-state index is 6.32. The van der Waals surface area contributed by atoms with Crippen molar-refractivity contribution in [3.05, 3.63) is 29.5 Å². The van der Waals surface area contributed by atoms with Crippen LogP contribution in [0.2, 0.25) is 5.02 Å². The van der Waals surface area contributed by atoms with Crippen LogP contribution in [-0.4, -0.2) is 26.2 Å². The Labute approximate surface area is 129 Å². The maximum atomic E-state index is 6.32. The van der Waals surface area contributed by atoms with E-state index in [1.165, 1.54) is 32.1 Å². The van der Waals surface area contributed by atoms with Gasteiger partial charge in [0.1, 0.15) is 6.33 Å². The SMILES string of the molecule is CC(Nc1cc(-n2cnnn2)ccc1Cl)C1CCCCC1. The number of nitrogens with zero attached hydrogens (tertiary/aromatic N) is 4. The third kappa shape index (κ3) is 3.35. The number of tetrazole rings is 1. The molecule has 6 heteroatoms. The van der Waals surface area contributed by atoms with Crippen LogP contribution in [0.1, 0.15) is 39.0 Å². The number of aromatic nitrogens is 4. The lowest BCUT2D eigenvalue weighted by molar-refractivity contribution is 0.328. The summed E-state index contributed by atoms with van der Waals surface area (Å²) in [6, 6.07) is 6.22. The van der Waals surface area contributed by atoms with E-state index in [1.807, 2.05) is 18.2 Å². The second-order valence-electron chi connectivity index (χ2n) is 5.75. The first-order valence-corrected chi connectivity index (χ1v) is 7.91. The highest BCUT2D eigenvalue weighted by atomic mass is 35.5. The molecule has 1 saturated carbocycles. The van der Waals surface area contributed by atoms with Crippen LogP contribution in [-0.2, 0) is 0 Å². The van der Waals surface area contributed by atoms with E-state index in [2.05, 4.69) is 27.8 Å². The highest BCUT2D eigenvalue weighted by Crippen LogP contribution is 2.31. The Kier molecular flexibility index (Phi) is 4.39. The van der Waals surface area contributed by atoms with Crippen molar-refractivity contribution >= 4 is 17.3 Å². The van der Waals surface area contributed by atoms with Gasteiger partial charge in [0, 0.05) is 6.04 Å². The molecule has 0 bridgehead atoms. The van der Waals surface area contributed by atoms with Crippen LogP contribution in [0.25, 0.3) is 5.69 Å². The fraction of sp³-hybridized carbons (Fsp3) is 0.533. The van der Waals surface area contributed by atoms with Crippen molar-refractivity contribution in [1.82, 2.24) is 20.2 Å². The van der Waals surface area contributed by atoms with Gasteiger partial charge in [-0.05, 0) is 54.3 Å². The van der Waals surface area contributed by atoms with Crippen LogP contribution in [0.3, 0.4) is 0 Å². The average Bonchev–Trinajstić information content (AvgIpc) is 3.04. The monoisotopic (exact) mass is 305 g/mol. The van der Waals surface area contributed by atoms with Gasteiger partial charge in [-0.25, -0.2) is 4.68 Å². The minimum Gasteiger partial charge on any atom is -0.381 e. The lowest BCUT2D eigenvalue weighted by atomic mass is 9.84. The minimum atomic E-state index is 0.423. The molecular weight excluding hydrogens is 286 g/mol. The summed E-state index contributed by atoms with van der Waals surface area (Å²) in [5, 5.41) is 15.5. The highest BCUT2D eigenvalue weighted by Gasteiger charge is 2.20. The van der Waals surface area contributed by atoms with Crippen molar-refractivity contribution in [3.8, 4) is 5.69 Å². The van der Waals surface area contributed by atoms with Gasteiger partial charge >= 0.3 is 0 Å². The van der Waals surface area contributed by atoms with E-state index in [4.69, 9.17) is 11.6 Å². The summed E-state index contributed by atoms with van der Waals surface area (Å²) in [5.74, 6) is 0.728. The molecule has 1 aliphatic rings. The topological polar surface area (TPSA) is 55.6 Å². The Morgan fingerprint density at radius 2 is 2.10 bits per heavy atom. The summed E-state index contributed by atoms with van der Waals surface area (Å²) in [6.07, 6.45) is 8.25. The number of nitrogens with one attached hydrogen (secondary N) is 1. The summed E-state index contributed by atoms with van der Waals surface area (Å²) in [6.45, 7) is 2.25. The number of hydrogen-bond acceptors (Lipinski definition) is 4. The zero-order valence-electron chi connectivity index (χ0n) is 12.2. The smallest absolute Gasteiger partial charge is 0.143 e. The number of hydrogen-bond donors (Lipinski definition) is 1. The normalized spacial score (nSPS) is 17.6. The fourth-order valence-corrected chi connectivity index (χ4v) is 3.22. The van der Waals surface area contributed by atoms with Crippen molar-refractivity contribution in [2.24, 2.45) is 5.92 Å². The number of benzene rings is 1. The molecule has 1 atom stereocenters. The van der Waals surface area contributed by atoms with E-state index in [1.54, 1.807) is 11.0 Å². The first-order valence-electron chi connectivity index (χ1n) is 7.53. The van der Waals surface area contributed by atoms with Crippen LogP contribution in [0.5, 0.6) is 0 Å². The molecule has 1 unspecified atom stereocenters. The molecule has 0 aliphatic heterocycles. The summed E-state index contributed by atoms with van der Waals surface area (Å²) in [7, 11) is 0. The predicted molar refractivity (Wildman–Crippen MR) is 83.8 cm³/mol. The molecule has 0 amide bonds. The van der Waals surface area contributed by atoms with E-state index in [-0.39, 0.29) is 0 Å². The Hall–Kier alpha value is -1.62. The van der Waals surface area contributed by atoms with Crippen LogP contribution in [0.4, 0.5) is 5.69 Å². The predicted octanol–water partition coefficient (Wildman–Crippen LogP) is 3.70. The summed E-state index contributed by atoms with van der Waals surface area (Å²) in [5.41, 5.74) is 1.85. The summed E-state index contributed by atoms with van der Waals surface area (Å²) < 4.78 is 1.63. The third-order valence-corrected chi connectivity index (χ3v) is 4.63. The Balaban J connectivity index is 1.76. The molecule has 0 spiro atoms. The molecule has 0 radical (unpaired) electrons. The van der Waals surface area contributed by atoms with Gasteiger partial charge < -0.3 is 5.32 Å². The van der Waals surface area contributed by atoms with Crippen molar-refractivity contribution in [2.75, 3.05) is 5.32 Å². The Morgan fingerprint density at radius 3 is 2.81 bits per heavy atom. The van der Waals surface area contributed by atoms with Gasteiger partial charge in [-0.2, -0.15) is 0 Å².